The summed E-state index contributed by atoms with van der Waals surface area (Å²) in [6.07, 6.45) is 0. The Balaban J connectivity index is 1.21. The van der Waals surface area contributed by atoms with Gasteiger partial charge in [0.2, 0.25) is 0 Å². The van der Waals surface area contributed by atoms with E-state index >= 15 is 0 Å². The van der Waals surface area contributed by atoms with Crippen molar-refractivity contribution in [2.24, 2.45) is 0 Å². The molecule has 45 heavy (non-hydrogen) atoms. The van der Waals surface area contributed by atoms with E-state index in [0.29, 0.717) is 0 Å². The third-order valence-electron chi connectivity index (χ3n) is 10.6. The van der Waals surface area contributed by atoms with Crippen LogP contribution >= 0.6 is 0 Å². The molecule has 0 saturated carbocycles. The third kappa shape index (κ3) is 3.32. The average Bonchev–Trinajstić information content (AvgIpc) is 3.09. The average molecular weight is 571 g/mol. The van der Waals surface area contributed by atoms with Crippen molar-refractivity contribution in [3.05, 3.63) is 157 Å². The van der Waals surface area contributed by atoms with Crippen LogP contribution in [0.15, 0.2) is 146 Å². The molecule has 0 fully saturated rings. The van der Waals surface area contributed by atoms with E-state index < -0.39 is 0 Å². The Hall–Kier alpha value is -5.46. The molecule has 0 atom stereocenters. The first-order valence-electron chi connectivity index (χ1n) is 15.9. The number of hydrogen-bond donors (Lipinski definition) is 0. The molecule has 1 aliphatic rings. The van der Waals surface area contributed by atoms with E-state index in [1.165, 1.54) is 98.4 Å². The van der Waals surface area contributed by atoms with Crippen molar-refractivity contribution in [2.45, 2.75) is 19.3 Å². The second-order valence-electron chi connectivity index (χ2n) is 13.3. The van der Waals surface area contributed by atoms with E-state index in [1.807, 2.05) is 0 Å². The van der Waals surface area contributed by atoms with Gasteiger partial charge in [0, 0.05) is 5.41 Å². The van der Waals surface area contributed by atoms with Crippen molar-refractivity contribution in [3.63, 3.8) is 0 Å². The molecule has 0 N–H and O–H groups in total. The highest BCUT2D eigenvalue weighted by molar-refractivity contribution is 6.26. The summed E-state index contributed by atoms with van der Waals surface area (Å²) < 4.78 is 0. The van der Waals surface area contributed by atoms with Gasteiger partial charge in [0.15, 0.2) is 0 Å². The summed E-state index contributed by atoms with van der Waals surface area (Å²) in [5.74, 6) is 0. The summed E-state index contributed by atoms with van der Waals surface area (Å²) in [4.78, 5) is 0. The molecular formula is C45H30. The van der Waals surface area contributed by atoms with Crippen LogP contribution < -0.4 is 0 Å². The fourth-order valence-electron chi connectivity index (χ4n) is 8.47. The molecular weight excluding hydrogens is 540 g/mol. The molecule has 0 bridgehead atoms. The van der Waals surface area contributed by atoms with E-state index in [9.17, 15) is 0 Å². The summed E-state index contributed by atoms with van der Waals surface area (Å²) in [6, 6.07) is 54.7. The van der Waals surface area contributed by atoms with E-state index in [-0.39, 0.29) is 5.41 Å². The van der Waals surface area contributed by atoms with Gasteiger partial charge in [-0.3, -0.25) is 0 Å². The van der Waals surface area contributed by atoms with Crippen molar-refractivity contribution >= 4 is 53.9 Å². The molecule has 0 heterocycles. The molecule has 10 rings (SSSR count). The van der Waals surface area contributed by atoms with Crippen LogP contribution in [-0.2, 0) is 5.41 Å². The quantitative estimate of drug-likeness (QED) is 0.181. The molecule has 9 aromatic carbocycles. The maximum absolute atomic E-state index is 2.44. The van der Waals surface area contributed by atoms with Gasteiger partial charge in [-0.25, -0.2) is 0 Å². The SMILES string of the molecule is CC1(C)c2ccc(-c3ccc(-c4ccc5ccc6cccc7ccc4c5c67)c4ccccc34)cc2-c2cccc3cccc1c23. The molecule has 0 nitrogen and oxygen atoms in total. The van der Waals surface area contributed by atoms with Crippen molar-refractivity contribution in [1.82, 2.24) is 0 Å². The molecule has 210 valence electrons. The Morgan fingerprint density at radius 1 is 0.333 bits per heavy atom. The summed E-state index contributed by atoms with van der Waals surface area (Å²) >= 11 is 0. The van der Waals surface area contributed by atoms with Crippen LogP contribution in [0.5, 0.6) is 0 Å². The standard InChI is InChI=1S/C45H30/c1-45(2)40-25-20-31(26-39(40)37-14-6-10-27-11-7-15-41(45)43(27)37)32-23-24-35(34-13-4-3-12-33(32)34)36-21-18-30-17-16-28-8-5-9-29-19-22-38(36)44(30)42(28)29/h3-26H,1-2H3. The lowest BCUT2D eigenvalue weighted by Crippen LogP contribution is -2.23. The zero-order valence-corrected chi connectivity index (χ0v) is 25.4. The zero-order valence-electron chi connectivity index (χ0n) is 25.4. The van der Waals surface area contributed by atoms with Gasteiger partial charge < -0.3 is 0 Å². The molecule has 0 radical (unpaired) electrons. The number of hydrogen-bond acceptors (Lipinski definition) is 0. The van der Waals surface area contributed by atoms with Gasteiger partial charge in [0.1, 0.15) is 0 Å². The van der Waals surface area contributed by atoms with Gasteiger partial charge in [0.25, 0.3) is 0 Å². The van der Waals surface area contributed by atoms with Gasteiger partial charge in [-0.1, -0.05) is 153 Å². The van der Waals surface area contributed by atoms with Gasteiger partial charge in [-0.05, 0) is 104 Å². The first-order chi connectivity index (χ1) is 22.1. The Morgan fingerprint density at radius 2 is 0.911 bits per heavy atom. The van der Waals surface area contributed by atoms with Crippen LogP contribution in [0.3, 0.4) is 0 Å². The molecule has 0 heteroatoms. The Morgan fingerprint density at radius 3 is 1.71 bits per heavy atom. The monoisotopic (exact) mass is 570 g/mol. The molecule has 0 aromatic heterocycles. The van der Waals surface area contributed by atoms with Crippen LogP contribution in [0.4, 0.5) is 0 Å². The predicted molar refractivity (Wildman–Crippen MR) is 194 cm³/mol. The second kappa shape index (κ2) is 8.80. The number of benzene rings is 9. The van der Waals surface area contributed by atoms with Crippen molar-refractivity contribution in [2.75, 3.05) is 0 Å². The minimum atomic E-state index is -0.0668. The van der Waals surface area contributed by atoms with Gasteiger partial charge >= 0.3 is 0 Å². The van der Waals surface area contributed by atoms with E-state index in [2.05, 4.69) is 159 Å². The number of fused-ring (bicyclic) bond motifs is 3. The highest BCUT2D eigenvalue weighted by atomic mass is 14.4. The smallest absolute Gasteiger partial charge is 0.0159 e. The van der Waals surface area contributed by atoms with Crippen molar-refractivity contribution in [3.8, 4) is 33.4 Å². The lowest BCUT2D eigenvalue weighted by atomic mass is 9.68. The topological polar surface area (TPSA) is 0 Å². The van der Waals surface area contributed by atoms with E-state index in [0.717, 1.165) is 0 Å². The van der Waals surface area contributed by atoms with Crippen LogP contribution in [-0.4, -0.2) is 0 Å². The van der Waals surface area contributed by atoms with Crippen LogP contribution in [0.1, 0.15) is 25.0 Å². The lowest BCUT2D eigenvalue weighted by molar-refractivity contribution is 0.645. The summed E-state index contributed by atoms with van der Waals surface area (Å²) in [7, 11) is 0. The van der Waals surface area contributed by atoms with Gasteiger partial charge in [-0.2, -0.15) is 0 Å². The van der Waals surface area contributed by atoms with Crippen molar-refractivity contribution < 1.29 is 0 Å². The predicted octanol–water partition coefficient (Wildman–Crippen LogP) is 12.5. The molecule has 1 aliphatic carbocycles. The fraction of sp³-hybridized carbons (Fsp3) is 0.0667. The van der Waals surface area contributed by atoms with Crippen LogP contribution in [0, 0.1) is 0 Å². The Kier molecular flexibility index (Phi) is 4.88. The van der Waals surface area contributed by atoms with Gasteiger partial charge in [-0.15, -0.1) is 0 Å². The highest BCUT2D eigenvalue weighted by Crippen LogP contribution is 2.50. The first-order valence-corrected chi connectivity index (χ1v) is 15.9. The number of rotatable bonds is 2. The molecule has 0 unspecified atom stereocenters. The van der Waals surface area contributed by atoms with E-state index in [4.69, 9.17) is 0 Å². The summed E-state index contributed by atoms with van der Waals surface area (Å²) in [5, 5.41) is 13.2. The van der Waals surface area contributed by atoms with Crippen LogP contribution in [0.25, 0.3) is 87.2 Å². The van der Waals surface area contributed by atoms with E-state index in [1.54, 1.807) is 0 Å². The molecule has 0 spiro atoms. The van der Waals surface area contributed by atoms with Gasteiger partial charge in [0.05, 0.1) is 0 Å². The lowest BCUT2D eigenvalue weighted by Gasteiger charge is -2.35. The Labute approximate surface area is 262 Å². The molecule has 0 saturated heterocycles. The second-order valence-corrected chi connectivity index (χ2v) is 13.3. The molecule has 0 aliphatic heterocycles. The van der Waals surface area contributed by atoms with Crippen LogP contribution in [0.2, 0.25) is 0 Å². The largest absolute Gasteiger partial charge is 0.0616 e. The maximum Gasteiger partial charge on any atom is 0.0159 e. The molecule has 9 aromatic rings. The first kappa shape index (κ1) is 24.9. The summed E-state index contributed by atoms with van der Waals surface area (Å²) in [6.45, 7) is 4.74. The maximum atomic E-state index is 2.44. The zero-order chi connectivity index (χ0) is 29.9. The Bertz CT molecular complexity index is 2650. The minimum Gasteiger partial charge on any atom is -0.0616 e. The normalized spacial score (nSPS) is 13.7. The third-order valence-corrected chi connectivity index (χ3v) is 10.6. The fourth-order valence-corrected chi connectivity index (χ4v) is 8.47. The highest BCUT2D eigenvalue weighted by Gasteiger charge is 2.33. The minimum absolute atomic E-state index is 0.0668. The summed E-state index contributed by atoms with van der Waals surface area (Å²) in [5.41, 5.74) is 10.5. The van der Waals surface area contributed by atoms with Crippen molar-refractivity contribution in [1.29, 1.82) is 0 Å². The molecule has 0 amide bonds.